The molecule has 1 N–H and O–H groups in total. The highest BCUT2D eigenvalue weighted by Crippen LogP contribution is 2.29. The Hall–Kier alpha value is -1.61. The highest BCUT2D eigenvalue weighted by atomic mass is 15.1. The number of para-hydroxylation sites is 1. The summed E-state index contributed by atoms with van der Waals surface area (Å²) in [6.07, 6.45) is 3.77. The van der Waals surface area contributed by atoms with Gasteiger partial charge in [-0.3, -0.25) is 4.98 Å². The molecule has 0 spiro atoms. The van der Waals surface area contributed by atoms with Crippen molar-refractivity contribution >= 4 is 16.6 Å². The molecule has 0 unspecified atom stereocenters. The summed E-state index contributed by atoms with van der Waals surface area (Å²) in [6, 6.07) is 10.8. The van der Waals surface area contributed by atoms with Crippen LogP contribution in [0.1, 0.15) is 31.9 Å². The van der Waals surface area contributed by atoms with Gasteiger partial charge in [0.15, 0.2) is 0 Å². The third-order valence-electron chi connectivity index (χ3n) is 3.93. The van der Waals surface area contributed by atoms with Crippen molar-refractivity contribution in [3.63, 3.8) is 0 Å². The van der Waals surface area contributed by atoms with E-state index in [1.807, 2.05) is 0 Å². The summed E-state index contributed by atoms with van der Waals surface area (Å²) in [5.41, 5.74) is 3.63. The van der Waals surface area contributed by atoms with Crippen molar-refractivity contribution in [3.05, 3.63) is 36.0 Å². The van der Waals surface area contributed by atoms with Gasteiger partial charge in [-0.2, -0.15) is 0 Å². The van der Waals surface area contributed by atoms with E-state index in [9.17, 15) is 0 Å². The topological polar surface area (TPSA) is 28.2 Å². The van der Waals surface area contributed by atoms with Crippen molar-refractivity contribution in [2.45, 2.75) is 32.7 Å². The van der Waals surface area contributed by atoms with Gasteiger partial charge >= 0.3 is 0 Å². The lowest BCUT2D eigenvalue weighted by atomic mass is 10.1. The van der Waals surface area contributed by atoms with Crippen LogP contribution in [-0.2, 0) is 6.54 Å². The van der Waals surface area contributed by atoms with E-state index in [0.717, 1.165) is 30.7 Å². The van der Waals surface area contributed by atoms with Crippen LogP contribution in [0.15, 0.2) is 30.3 Å². The molecule has 1 aliphatic heterocycles. The lowest BCUT2D eigenvalue weighted by molar-refractivity contribution is 0.666. The van der Waals surface area contributed by atoms with Crippen LogP contribution in [0.3, 0.4) is 0 Å². The van der Waals surface area contributed by atoms with Crippen LogP contribution in [0.2, 0.25) is 0 Å². The maximum atomic E-state index is 4.79. The van der Waals surface area contributed by atoms with Gasteiger partial charge in [-0.1, -0.05) is 25.1 Å². The van der Waals surface area contributed by atoms with Gasteiger partial charge in [0.1, 0.15) is 0 Å². The van der Waals surface area contributed by atoms with Crippen LogP contribution < -0.4 is 10.2 Å². The van der Waals surface area contributed by atoms with Crippen molar-refractivity contribution in [3.8, 4) is 0 Å². The molecular formula is C17H23N3. The minimum atomic E-state index is 0.861. The third kappa shape index (κ3) is 2.78. The predicted molar refractivity (Wildman–Crippen MR) is 85.2 cm³/mol. The standard InChI is InChI=1S/C17H23N3/c1-2-9-18-13-14-12-17(20-10-5-6-11-20)15-7-3-4-8-16(15)19-14/h3-4,7-8,12,18H,2,5-6,9-11,13H2,1H3. The first-order chi connectivity index (χ1) is 9.88. The zero-order valence-electron chi connectivity index (χ0n) is 12.2. The van der Waals surface area contributed by atoms with E-state index in [1.165, 1.54) is 37.0 Å². The summed E-state index contributed by atoms with van der Waals surface area (Å²) in [5, 5.41) is 4.74. The molecule has 20 heavy (non-hydrogen) atoms. The second kappa shape index (κ2) is 6.23. The number of hydrogen-bond donors (Lipinski definition) is 1. The van der Waals surface area contributed by atoms with Crippen LogP contribution in [0.4, 0.5) is 5.69 Å². The lowest BCUT2D eigenvalue weighted by Crippen LogP contribution is -2.20. The lowest BCUT2D eigenvalue weighted by Gasteiger charge is -2.20. The van der Waals surface area contributed by atoms with Gasteiger partial charge in [0.25, 0.3) is 0 Å². The molecule has 2 heterocycles. The SMILES string of the molecule is CCCNCc1cc(N2CCCC2)c2ccccc2n1. The fraction of sp³-hybridized carbons (Fsp3) is 0.471. The van der Waals surface area contributed by atoms with E-state index in [4.69, 9.17) is 4.98 Å². The average molecular weight is 269 g/mol. The fourth-order valence-electron chi connectivity index (χ4n) is 2.91. The molecule has 0 radical (unpaired) electrons. The summed E-state index contributed by atoms with van der Waals surface area (Å²) in [5.74, 6) is 0. The Morgan fingerprint density at radius 3 is 2.80 bits per heavy atom. The van der Waals surface area contributed by atoms with E-state index in [0.29, 0.717) is 0 Å². The van der Waals surface area contributed by atoms with E-state index < -0.39 is 0 Å². The zero-order chi connectivity index (χ0) is 13.8. The van der Waals surface area contributed by atoms with E-state index in [1.54, 1.807) is 0 Å². The molecule has 0 saturated carbocycles. The number of nitrogens with one attached hydrogen (secondary N) is 1. The van der Waals surface area contributed by atoms with Crippen molar-refractivity contribution < 1.29 is 0 Å². The maximum absolute atomic E-state index is 4.79. The Labute approximate surface area is 121 Å². The van der Waals surface area contributed by atoms with Crippen LogP contribution in [0, 0.1) is 0 Å². The molecule has 1 saturated heterocycles. The number of rotatable bonds is 5. The number of hydrogen-bond acceptors (Lipinski definition) is 3. The highest BCUT2D eigenvalue weighted by molar-refractivity contribution is 5.92. The molecule has 0 amide bonds. The average Bonchev–Trinajstić information content (AvgIpc) is 3.01. The Morgan fingerprint density at radius 2 is 2.00 bits per heavy atom. The smallest absolute Gasteiger partial charge is 0.0726 e. The van der Waals surface area contributed by atoms with Gasteiger partial charge < -0.3 is 10.2 Å². The Morgan fingerprint density at radius 1 is 1.20 bits per heavy atom. The number of aromatic nitrogens is 1. The van der Waals surface area contributed by atoms with E-state index >= 15 is 0 Å². The first-order valence-corrected chi connectivity index (χ1v) is 7.73. The molecule has 1 aliphatic rings. The molecule has 3 rings (SSSR count). The summed E-state index contributed by atoms with van der Waals surface area (Å²) in [4.78, 5) is 7.30. The first-order valence-electron chi connectivity index (χ1n) is 7.73. The van der Waals surface area contributed by atoms with Gasteiger partial charge in [0.2, 0.25) is 0 Å². The van der Waals surface area contributed by atoms with Crippen LogP contribution in [0.25, 0.3) is 10.9 Å². The normalized spacial score (nSPS) is 15.2. The number of pyridine rings is 1. The van der Waals surface area contributed by atoms with E-state index in [2.05, 4.69) is 47.5 Å². The summed E-state index contributed by atoms with van der Waals surface area (Å²) in [7, 11) is 0. The Kier molecular flexibility index (Phi) is 4.16. The van der Waals surface area contributed by atoms with Crippen molar-refractivity contribution in [1.29, 1.82) is 0 Å². The van der Waals surface area contributed by atoms with Crippen molar-refractivity contribution in [2.24, 2.45) is 0 Å². The molecule has 3 nitrogen and oxygen atoms in total. The molecule has 1 aromatic heterocycles. The van der Waals surface area contributed by atoms with E-state index in [-0.39, 0.29) is 0 Å². The molecular weight excluding hydrogens is 246 g/mol. The van der Waals surface area contributed by atoms with Crippen LogP contribution in [-0.4, -0.2) is 24.6 Å². The van der Waals surface area contributed by atoms with Crippen LogP contribution >= 0.6 is 0 Å². The monoisotopic (exact) mass is 269 g/mol. The number of fused-ring (bicyclic) bond motifs is 1. The summed E-state index contributed by atoms with van der Waals surface area (Å²) < 4.78 is 0. The second-order valence-electron chi connectivity index (χ2n) is 5.52. The first kappa shape index (κ1) is 13.4. The third-order valence-corrected chi connectivity index (χ3v) is 3.93. The Bertz CT molecular complexity index is 573. The maximum Gasteiger partial charge on any atom is 0.0726 e. The zero-order valence-corrected chi connectivity index (χ0v) is 12.2. The number of benzene rings is 1. The Balaban J connectivity index is 1.96. The molecule has 0 aliphatic carbocycles. The second-order valence-corrected chi connectivity index (χ2v) is 5.52. The predicted octanol–water partition coefficient (Wildman–Crippen LogP) is 3.33. The van der Waals surface area contributed by atoms with Gasteiger partial charge in [-0.05, 0) is 37.9 Å². The highest BCUT2D eigenvalue weighted by Gasteiger charge is 2.16. The fourth-order valence-corrected chi connectivity index (χ4v) is 2.91. The molecule has 2 aromatic rings. The molecule has 0 atom stereocenters. The minimum Gasteiger partial charge on any atom is -0.371 e. The molecule has 1 fully saturated rings. The summed E-state index contributed by atoms with van der Waals surface area (Å²) in [6.45, 7) is 6.45. The summed E-state index contributed by atoms with van der Waals surface area (Å²) >= 11 is 0. The molecule has 0 bridgehead atoms. The van der Waals surface area contributed by atoms with Gasteiger partial charge in [0, 0.05) is 30.7 Å². The number of nitrogens with zero attached hydrogens (tertiary/aromatic N) is 2. The quantitative estimate of drug-likeness (QED) is 0.844. The number of anilines is 1. The van der Waals surface area contributed by atoms with Crippen molar-refractivity contribution in [2.75, 3.05) is 24.5 Å². The molecule has 1 aromatic carbocycles. The minimum absolute atomic E-state index is 0.861. The van der Waals surface area contributed by atoms with Gasteiger partial charge in [0.05, 0.1) is 11.2 Å². The largest absolute Gasteiger partial charge is 0.371 e. The molecule has 3 heteroatoms. The van der Waals surface area contributed by atoms with Crippen LogP contribution in [0.5, 0.6) is 0 Å². The van der Waals surface area contributed by atoms with Gasteiger partial charge in [-0.15, -0.1) is 0 Å². The van der Waals surface area contributed by atoms with Gasteiger partial charge in [-0.25, -0.2) is 0 Å². The van der Waals surface area contributed by atoms with Crippen molar-refractivity contribution in [1.82, 2.24) is 10.3 Å². The molecule has 106 valence electrons.